The molecule has 1 atom stereocenters. The molecule has 0 saturated carbocycles. The lowest BCUT2D eigenvalue weighted by atomic mass is 10.0. The largest absolute Gasteiger partial charge is 0.460 e. The van der Waals surface area contributed by atoms with Crippen LogP contribution in [0.3, 0.4) is 0 Å². The number of nitriles is 1. The maximum Gasteiger partial charge on any atom is 0.374 e. The Kier molecular flexibility index (Phi) is 5.53. The zero-order chi connectivity index (χ0) is 10.3. The van der Waals surface area contributed by atoms with Gasteiger partial charge in [0, 0.05) is 12.8 Å². The molecule has 0 spiro atoms. The Morgan fingerprint density at radius 1 is 1.54 bits per heavy atom. The molecule has 0 aliphatic carbocycles. The van der Waals surface area contributed by atoms with Crippen LogP contribution in [0, 0.1) is 17.2 Å². The number of rotatable bonds is 5. The fourth-order valence-corrected chi connectivity index (χ4v) is 0.839. The van der Waals surface area contributed by atoms with Crippen molar-refractivity contribution in [3.8, 4) is 6.07 Å². The molecule has 0 aromatic rings. The van der Waals surface area contributed by atoms with E-state index < -0.39 is 11.8 Å². The van der Waals surface area contributed by atoms with Crippen LogP contribution in [0.1, 0.15) is 26.7 Å². The zero-order valence-electron chi connectivity index (χ0n) is 7.87. The van der Waals surface area contributed by atoms with Crippen molar-refractivity contribution < 1.29 is 14.3 Å². The number of hydrogen-bond acceptors (Lipinski definition) is 4. The predicted octanol–water partition coefficient (Wildman–Crippen LogP) is 1.06. The van der Waals surface area contributed by atoms with Crippen LogP contribution in [0.5, 0.6) is 0 Å². The van der Waals surface area contributed by atoms with Crippen LogP contribution >= 0.6 is 0 Å². The van der Waals surface area contributed by atoms with Crippen molar-refractivity contribution in [1.29, 1.82) is 5.26 Å². The average molecular weight is 183 g/mol. The minimum atomic E-state index is -0.799. The third kappa shape index (κ3) is 4.96. The van der Waals surface area contributed by atoms with E-state index in [4.69, 9.17) is 5.26 Å². The van der Waals surface area contributed by atoms with Gasteiger partial charge in [-0.2, -0.15) is 5.26 Å². The van der Waals surface area contributed by atoms with Crippen LogP contribution < -0.4 is 0 Å². The fraction of sp³-hybridized carbons (Fsp3) is 0.667. The molecule has 0 heterocycles. The molecule has 0 amide bonds. The highest BCUT2D eigenvalue weighted by atomic mass is 16.5. The van der Waals surface area contributed by atoms with Crippen LogP contribution in [0.2, 0.25) is 0 Å². The molecule has 0 rings (SSSR count). The van der Waals surface area contributed by atoms with Crippen molar-refractivity contribution in [2.75, 3.05) is 6.61 Å². The molecule has 0 fully saturated rings. The van der Waals surface area contributed by atoms with Gasteiger partial charge in [-0.1, -0.05) is 6.92 Å². The number of ketones is 1. The minimum absolute atomic E-state index is 0.0816. The molecule has 0 aliphatic heterocycles. The van der Waals surface area contributed by atoms with Gasteiger partial charge in [0.2, 0.25) is 5.78 Å². The van der Waals surface area contributed by atoms with Gasteiger partial charge in [0.15, 0.2) is 0 Å². The van der Waals surface area contributed by atoms with E-state index in [2.05, 4.69) is 4.74 Å². The van der Waals surface area contributed by atoms with Gasteiger partial charge >= 0.3 is 5.97 Å². The number of hydrogen-bond donors (Lipinski definition) is 0. The first-order valence-electron chi connectivity index (χ1n) is 4.18. The summed E-state index contributed by atoms with van der Waals surface area (Å²) in [5.74, 6) is -1.43. The van der Waals surface area contributed by atoms with Gasteiger partial charge in [0.05, 0.1) is 12.7 Å². The quantitative estimate of drug-likeness (QED) is 0.472. The Hall–Kier alpha value is -1.37. The summed E-state index contributed by atoms with van der Waals surface area (Å²) in [5, 5.41) is 8.31. The number of carbonyl (C=O) groups is 2. The van der Waals surface area contributed by atoms with Crippen molar-refractivity contribution in [2.45, 2.75) is 26.7 Å². The van der Waals surface area contributed by atoms with Gasteiger partial charge < -0.3 is 4.74 Å². The van der Waals surface area contributed by atoms with Crippen LogP contribution in [0.4, 0.5) is 0 Å². The third-order valence-corrected chi connectivity index (χ3v) is 1.48. The van der Waals surface area contributed by atoms with E-state index >= 15 is 0 Å². The Morgan fingerprint density at radius 3 is 2.62 bits per heavy atom. The zero-order valence-corrected chi connectivity index (χ0v) is 7.87. The van der Waals surface area contributed by atoms with Gasteiger partial charge in [-0.25, -0.2) is 4.79 Å². The summed E-state index contributed by atoms with van der Waals surface area (Å²) in [5.41, 5.74) is 0. The molecule has 4 heteroatoms. The van der Waals surface area contributed by atoms with Gasteiger partial charge in [-0.15, -0.1) is 0 Å². The predicted molar refractivity (Wildman–Crippen MR) is 45.7 cm³/mol. The van der Waals surface area contributed by atoms with Gasteiger partial charge in [-0.3, -0.25) is 4.79 Å². The third-order valence-electron chi connectivity index (χ3n) is 1.48. The van der Waals surface area contributed by atoms with Gasteiger partial charge in [0.25, 0.3) is 0 Å². The Balaban J connectivity index is 3.87. The maximum atomic E-state index is 11.0. The van der Waals surface area contributed by atoms with Crippen molar-refractivity contribution in [2.24, 2.45) is 5.92 Å². The lowest BCUT2D eigenvalue weighted by Gasteiger charge is -2.04. The number of carbonyl (C=O) groups excluding carboxylic acids is 2. The van der Waals surface area contributed by atoms with E-state index in [9.17, 15) is 9.59 Å². The standard InChI is InChI=1S/C9H13NO3/c1-3-13-9(12)8(11)6-7(2)4-5-10/h7H,3-4,6H2,1-2H3. The number of nitrogens with zero attached hydrogens (tertiary/aromatic N) is 1. The molecular weight excluding hydrogens is 170 g/mol. The first kappa shape index (κ1) is 11.6. The SMILES string of the molecule is CCOC(=O)C(=O)CC(C)CC#N. The second kappa shape index (κ2) is 6.18. The summed E-state index contributed by atoms with van der Waals surface area (Å²) < 4.78 is 4.51. The highest BCUT2D eigenvalue weighted by molar-refractivity contribution is 6.33. The molecule has 0 bridgehead atoms. The van der Waals surface area contributed by atoms with E-state index in [-0.39, 0.29) is 25.4 Å². The molecule has 4 nitrogen and oxygen atoms in total. The molecule has 0 radical (unpaired) electrons. The Morgan fingerprint density at radius 2 is 2.15 bits per heavy atom. The lowest BCUT2D eigenvalue weighted by molar-refractivity contribution is -0.153. The Labute approximate surface area is 77.5 Å². The molecule has 1 unspecified atom stereocenters. The second-order valence-corrected chi connectivity index (χ2v) is 2.82. The normalized spacial score (nSPS) is 11.5. The van der Waals surface area contributed by atoms with Crippen LogP contribution in [0.25, 0.3) is 0 Å². The summed E-state index contributed by atoms with van der Waals surface area (Å²) in [6.07, 6.45) is 0.373. The monoisotopic (exact) mass is 183 g/mol. The number of Topliss-reactive ketones (excluding diaryl/α,β-unsaturated/α-hetero) is 1. The summed E-state index contributed by atoms with van der Waals surface area (Å²) >= 11 is 0. The molecule has 0 aromatic heterocycles. The molecule has 0 aromatic carbocycles. The van der Waals surface area contributed by atoms with E-state index in [1.165, 1.54) is 0 Å². The van der Waals surface area contributed by atoms with Crippen LogP contribution in [-0.4, -0.2) is 18.4 Å². The van der Waals surface area contributed by atoms with E-state index in [0.717, 1.165) is 0 Å². The second-order valence-electron chi connectivity index (χ2n) is 2.82. The molecule has 0 N–H and O–H groups in total. The highest BCUT2D eigenvalue weighted by Gasteiger charge is 2.17. The molecular formula is C9H13NO3. The topological polar surface area (TPSA) is 67.2 Å². The first-order chi connectivity index (χ1) is 6.11. The van der Waals surface area contributed by atoms with Crippen LogP contribution in [0.15, 0.2) is 0 Å². The van der Waals surface area contributed by atoms with Crippen molar-refractivity contribution in [3.63, 3.8) is 0 Å². The first-order valence-corrected chi connectivity index (χ1v) is 4.18. The molecule has 0 saturated heterocycles. The number of ether oxygens (including phenoxy) is 1. The van der Waals surface area contributed by atoms with Crippen molar-refractivity contribution in [3.05, 3.63) is 0 Å². The van der Waals surface area contributed by atoms with Gasteiger partial charge in [0.1, 0.15) is 0 Å². The van der Waals surface area contributed by atoms with E-state index in [0.29, 0.717) is 0 Å². The van der Waals surface area contributed by atoms with E-state index in [1.54, 1.807) is 13.8 Å². The van der Waals surface area contributed by atoms with Crippen LogP contribution in [-0.2, 0) is 14.3 Å². The summed E-state index contributed by atoms with van der Waals surface area (Å²) in [4.78, 5) is 21.9. The lowest BCUT2D eigenvalue weighted by Crippen LogP contribution is -2.19. The van der Waals surface area contributed by atoms with Crippen molar-refractivity contribution >= 4 is 11.8 Å². The summed E-state index contributed by atoms with van der Waals surface area (Å²) in [6.45, 7) is 3.60. The number of esters is 1. The fourth-order valence-electron chi connectivity index (χ4n) is 0.839. The smallest absolute Gasteiger partial charge is 0.374 e. The Bertz CT molecular complexity index is 230. The average Bonchev–Trinajstić information content (AvgIpc) is 2.05. The minimum Gasteiger partial charge on any atom is -0.460 e. The van der Waals surface area contributed by atoms with Gasteiger partial charge in [-0.05, 0) is 12.8 Å². The molecule has 13 heavy (non-hydrogen) atoms. The van der Waals surface area contributed by atoms with E-state index in [1.807, 2.05) is 6.07 Å². The molecule has 0 aliphatic rings. The summed E-state index contributed by atoms with van der Waals surface area (Å²) in [7, 11) is 0. The highest BCUT2D eigenvalue weighted by Crippen LogP contribution is 2.07. The maximum absolute atomic E-state index is 11.0. The van der Waals surface area contributed by atoms with Crippen molar-refractivity contribution in [1.82, 2.24) is 0 Å². The molecule has 72 valence electrons. The summed E-state index contributed by atoms with van der Waals surface area (Å²) in [6, 6.07) is 1.94.